The molecule has 0 aliphatic heterocycles. The lowest BCUT2D eigenvalue weighted by Gasteiger charge is -2.21. The van der Waals surface area contributed by atoms with Crippen LogP contribution in [0.3, 0.4) is 0 Å². The van der Waals surface area contributed by atoms with Gasteiger partial charge in [-0.3, -0.25) is 4.79 Å². The van der Waals surface area contributed by atoms with E-state index < -0.39 is 0 Å². The van der Waals surface area contributed by atoms with Gasteiger partial charge in [-0.05, 0) is 30.9 Å². The maximum Gasteiger partial charge on any atom is 0.230 e. The number of nitrogens with one attached hydrogen (secondary N) is 1. The number of rotatable bonds is 6. The van der Waals surface area contributed by atoms with Gasteiger partial charge < -0.3 is 11.2 Å². The molecular weight excluding hydrogens is 358 g/mol. The van der Waals surface area contributed by atoms with Gasteiger partial charge in [0.25, 0.3) is 0 Å². The summed E-state index contributed by atoms with van der Waals surface area (Å²) in [5.41, 5.74) is 0.788. The third-order valence-corrected chi connectivity index (χ3v) is 5.57. The fraction of sp³-hybridized carbons (Fsp3) is 0.471. The Morgan fingerprint density at radius 3 is 2.88 bits per heavy atom. The highest BCUT2D eigenvalue weighted by Crippen LogP contribution is 2.24. The van der Waals surface area contributed by atoms with Gasteiger partial charge in [0.05, 0.1) is 5.75 Å². The standard InChI is InChI=1S/C17H22ClN5OS/c18-14-8-4-7-13(9-14)16-21-22-17(23(16)19)25-11-15(24)20-10-12-5-2-1-3-6-12/h4,7-9,12H,1-3,5-6,10-11,19H2,(H,20,24). The number of thioether (sulfide) groups is 1. The molecule has 1 aromatic heterocycles. The van der Waals surface area contributed by atoms with Crippen molar-refractivity contribution in [1.82, 2.24) is 20.2 Å². The van der Waals surface area contributed by atoms with Crippen LogP contribution in [0.1, 0.15) is 32.1 Å². The molecule has 0 radical (unpaired) electrons. The van der Waals surface area contributed by atoms with Crippen molar-refractivity contribution in [3.8, 4) is 11.4 Å². The van der Waals surface area contributed by atoms with Gasteiger partial charge in [-0.15, -0.1) is 10.2 Å². The number of benzene rings is 1. The van der Waals surface area contributed by atoms with Gasteiger partial charge in [0, 0.05) is 17.1 Å². The third-order valence-electron chi connectivity index (χ3n) is 4.39. The summed E-state index contributed by atoms with van der Waals surface area (Å²) >= 11 is 7.28. The summed E-state index contributed by atoms with van der Waals surface area (Å²) in [6.07, 6.45) is 6.30. The minimum atomic E-state index is 0.00267. The van der Waals surface area contributed by atoms with Crippen LogP contribution < -0.4 is 11.2 Å². The summed E-state index contributed by atoms with van der Waals surface area (Å²) in [7, 11) is 0. The normalized spacial score (nSPS) is 15.2. The molecule has 6 nitrogen and oxygen atoms in total. The molecule has 1 saturated carbocycles. The van der Waals surface area contributed by atoms with Gasteiger partial charge >= 0.3 is 0 Å². The number of nitrogens with two attached hydrogens (primary N) is 1. The van der Waals surface area contributed by atoms with Crippen molar-refractivity contribution in [2.24, 2.45) is 5.92 Å². The van der Waals surface area contributed by atoms with E-state index in [4.69, 9.17) is 17.4 Å². The lowest BCUT2D eigenvalue weighted by Crippen LogP contribution is -2.31. The Balaban J connectivity index is 1.52. The number of halogens is 1. The Hall–Kier alpha value is -1.73. The molecular formula is C17H22ClN5OS. The fourth-order valence-corrected chi connectivity index (χ4v) is 3.91. The smallest absolute Gasteiger partial charge is 0.230 e. The molecule has 0 spiro atoms. The summed E-state index contributed by atoms with van der Waals surface area (Å²) in [4.78, 5) is 12.0. The Morgan fingerprint density at radius 1 is 1.32 bits per heavy atom. The molecule has 8 heteroatoms. The number of hydrogen-bond acceptors (Lipinski definition) is 5. The quantitative estimate of drug-likeness (QED) is 0.595. The topological polar surface area (TPSA) is 85.8 Å². The monoisotopic (exact) mass is 379 g/mol. The molecule has 1 aromatic carbocycles. The second kappa shape index (κ2) is 8.58. The molecule has 1 fully saturated rings. The van der Waals surface area contributed by atoms with Crippen molar-refractivity contribution in [3.63, 3.8) is 0 Å². The average molecular weight is 380 g/mol. The van der Waals surface area contributed by atoms with E-state index in [0.29, 0.717) is 21.9 Å². The molecule has 0 saturated heterocycles. The van der Waals surface area contributed by atoms with Gasteiger partial charge in [-0.25, -0.2) is 4.68 Å². The zero-order valence-corrected chi connectivity index (χ0v) is 15.5. The van der Waals surface area contributed by atoms with E-state index in [0.717, 1.165) is 12.1 Å². The minimum absolute atomic E-state index is 0.00267. The van der Waals surface area contributed by atoms with Crippen LogP contribution in [0.15, 0.2) is 29.4 Å². The van der Waals surface area contributed by atoms with E-state index in [1.165, 1.54) is 48.5 Å². The van der Waals surface area contributed by atoms with Gasteiger partial charge in [0.1, 0.15) is 0 Å². The highest BCUT2D eigenvalue weighted by atomic mass is 35.5. The molecule has 1 heterocycles. The first-order valence-electron chi connectivity index (χ1n) is 8.49. The summed E-state index contributed by atoms with van der Waals surface area (Å²) in [5.74, 6) is 7.48. The van der Waals surface area contributed by atoms with E-state index in [2.05, 4.69) is 15.5 Å². The Kier molecular flexibility index (Phi) is 6.20. The predicted molar refractivity (Wildman–Crippen MR) is 101 cm³/mol. The average Bonchev–Trinajstić information content (AvgIpc) is 3.00. The molecule has 3 rings (SSSR count). The van der Waals surface area contributed by atoms with Crippen molar-refractivity contribution >= 4 is 29.3 Å². The Labute approximate surface area is 156 Å². The van der Waals surface area contributed by atoms with Crippen LogP contribution in [0.25, 0.3) is 11.4 Å². The van der Waals surface area contributed by atoms with E-state index in [9.17, 15) is 4.79 Å². The summed E-state index contributed by atoms with van der Waals surface area (Å²) in [6.45, 7) is 0.766. The lowest BCUT2D eigenvalue weighted by atomic mass is 9.89. The number of carbonyl (C=O) groups excluding carboxylic acids is 1. The zero-order chi connectivity index (χ0) is 17.6. The summed E-state index contributed by atoms with van der Waals surface area (Å²) < 4.78 is 1.39. The molecule has 0 bridgehead atoms. The molecule has 2 aromatic rings. The fourth-order valence-electron chi connectivity index (χ4n) is 3.03. The van der Waals surface area contributed by atoms with Gasteiger partial charge in [-0.1, -0.05) is 54.8 Å². The Morgan fingerprint density at radius 2 is 2.12 bits per heavy atom. The van der Waals surface area contributed by atoms with Crippen LogP contribution in [0, 0.1) is 5.92 Å². The van der Waals surface area contributed by atoms with Crippen LogP contribution in [-0.4, -0.2) is 33.1 Å². The van der Waals surface area contributed by atoms with E-state index in [-0.39, 0.29) is 11.7 Å². The third kappa shape index (κ3) is 4.89. The number of amides is 1. The second-order valence-electron chi connectivity index (χ2n) is 6.28. The molecule has 1 aliphatic rings. The molecule has 1 aliphatic carbocycles. The molecule has 134 valence electrons. The van der Waals surface area contributed by atoms with Crippen molar-refractivity contribution in [3.05, 3.63) is 29.3 Å². The van der Waals surface area contributed by atoms with Gasteiger partial charge in [0.2, 0.25) is 11.1 Å². The molecule has 25 heavy (non-hydrogen) atoms. The maximum absolute atomic E-state index is 12.0. The first-order chi connectivity index (χ1) is 12.1. The minimum Gasteiger partial charge on any atom is -0.355 e. The number of aromatic nitrogens is 3. The largest absolute Gasteiger partial charge is 0.355 e. The molecule has 3 N–H and O–H groups in total. The van der Waals surface area contributed by atoms with Crippen molar-refractivity contribution < 1.29 is 4.79 Å². The van der Waals surface area contributed by atoms with Crippen LogP contribution in [0.5, 0.6) is 0 Å². The van der Waals surface area contributed by atoms with Crippen molar-refractivity contribution in [1.29, 1.82) is 0 Å². The van der Waals surface area contributed by atoms with Crippen molar-refractivity contribution in [2.45, 2.75) is 37.3 Å². The van der Waals surface area contributed by atoms with Crippen LogP contribution in [-0.2, 0) is 4.79 Å². The highest BCUT2D eigenvalue weighted by Gasteiger charge is 2.16. The number of nitrogen functional groups attached to an aromatic ring is 1. The molecule has 0 atom stereocenters. The summed E-state index contributed by atoms with van der Waals surface area (Å²) in [5, 5.41) is 12.3. The first kappa shape index (κ1) is 18.1. The van der Waals surface area contributed by atoms with E-state index >= 15 is 0 Å². The molecule has 0 unspecified atom stereocenters. The first-order valence-corrected chi connectivity index (χ1v) is 9.86. The van der Waals surface area contributed by atoms with Crippen molar-refractivity contribution in [2.75, 3.05) is 18.1 Å². The SMILES string of the molecule is Nn1c(SCC(=O)NCC2CCCCC2)nnc1-c1cccc(Cl)c1. The number of nitrogens with zero attached hydrogens (tertiary/aromatic N) is 3. The number of hydrogen-bond donors (Lipinski definition) is 2. The lowest BCUT2D eigenvalue weighted by molar-refractivity contribution is -0.118. The van der Waals surface area contributed by atoms with Gasteiger partial charge in [0.15, 0.2) is 5.82 Å². The number of carbonyl (C=O) groups is 1. The van der Waals surface area contributed by atoms with Crippen LogP contribution in [0.2, 0.25) is 5.02 Å². The Bertz CT molecular complexity index is 730. The van der Waals surface area contributed by atoms with E-state index in [1.807, 2.05) is 12.1 Å². The van der Waals surface area contributed by atoms with Crippen LogP contribution in [0.4, 0.5) is 0 Å². The molecule has 1 amide bonds. The summed E-state index contributed by atoms with van der Waals surface area (Å²) in [6, 6.07) is 7.26. The maximum atomic E-state index is 12.0. The highest BCUT2D eigenvalue weighted by molar-refractivity contribution is 7.99. The van der Waals surface area contributed by atoms with Gasteiger partial charge in [-0.2, -0.15) is 0 Å². The zero-order valence-electron chi connectivity index (χ0n) is 13.9. The second-order valence-corrected chi connectivity index (χ2v) is 7.66. The van der Waals surface area contributed by atoms with Crippen LogP contribution >= 0.6 is 23.4 Å². The van der Waals surface area contributed by atoms with E-state index in [1.54, 1.807) is 12.1 Å². The predicted octanol–water partition coefficient (Wildman–Crippen LogP) is 3.10.